The first-order valence-electron chi connectivity index (χ1n) is 11.6. The number of carbonyl (C=O) groups is 1. The van der Waals surface area contributed by atoms with Crippen LogP contribution in [0, 0.1) is 0 Å². The number of aryl methyl sites for hydroxylation is 1. The largest absolute Gasteiger partial charge is 0.497 e. The van der Waals surface area contributed by atoms with Crippen LogP contribution in [0.4, 0.5) is 5.82 Å². The van der Waals surface area contributed by atoms with Gasteiger partial charge in [-0.2, -0.15) is 0 Å². The zero-order valence-electron chi connectivity index (χ0n) is 19.9. The molecule has 4 heterocycles. The van der Waals surface area contributed by atoms with E-state index in [1.807, 2.05) is 18.0 Å². The minimum atomic E-state index is 0.128. The maximum atomic E-state index is 11.8. The summed E-state index contributed by atoms with van der Waals surface area (Å²) in [5.74, 6) is 3.01. The van der Waals surface area contributed by atoms with Gasteiger partial charge in [-0.05, 0) is 30.5 Å². The molecular formula is C25H32N6O2. The van der Waals surface area contributed by atoms with Crippen molar-refractivity contribution in [2.45, 2.75) is 38.8 Å². The molecule has 0 bridgehead atoms. The topological polar surface area (TPSA) is 75.5 Å². The lowest BCUT2D eigenvalue weighted by Gasteiger charge is -2.29. The van der Waals surface area contributed by atoms with E-state index in [1.165, 1.54) is 22.0 Å². The number of carbonyl (C=O) groups excluding carboxylic acids is 1. The maximum absolute atomic E-state index is 11.8. The average molecular weight is 449 g/mol. The van der Waals surface area contributed by atoms with Crippen molar-refractivity contribution in [3.05, 3.63) is 47.0 Å². The molecule has 174 valence electrons. The molecular weight excluding hydrogens is 416 g/mol. The Bertz CT molecular complexity index is 1200. The second kappa shape index (κ2) is 8.67. The fourth-order valence-electron chi connectivity index (χ4n) is 5.23. The Balaban J connectivity index is 1.39. The van der Waals surface area contributed by atoms with Crippen LogP contribution >= 0.6 is 0 Å². The van der Waals surface area contributed by atoms with Crippen LogP contribution in [0.25, 0.3) is 10.9 Å². The Hall–Kier alpha value is -3.13. The summed E-state index contributed by atoms with van der Waals surface area (Å²) in [4.78, 5) is 26.0. The molecule has 2 aromatic heterocycles. The monoisotopic (exact) mass is 448 g/mol. The normalized spacial score (nSPS) is 18.5. The predicted octanol–water partition coefficient (Wildman–Crippen LogP) is 2.91. The van der Waals surface area contributed by atoms with Gasteiger partial charge in [0.1, 0.15) is 17.4 Å². The number of hydrogen-bond acceptors (Lipinski definition) is 6. The van der Waals surface area contributed by atoms with Crippen LogP contribution in [0.2, 0.25) is 0 Å². The SMILES string of the molecule is CNc1nc([C@H]2CCN(C(C)=O)C2)nc2c1CCN(Cc1cn(C)c3cc(OC)ccc13)C2. The summed E-state index contributed by atoms with van der Waals surface area (Å²) in [6.07, 6.45) is 4.07. The van der Waals surface area contributed by atoms with E-state index in [9.17, 15) is 4.79 Å². The molecule has 0 aliphatic carbocycles. The molecule has 0 saturated carbocycles. The smallest absolute Gasteiger partial charge is 0.219 e. The van der Waals surface area contributed by atoms with Crippen molar-refractivity contribution in [1.82, 2.24) is 24.3 Å². The Kier molecular flexibility index (Phi) is 5.70. The van der Waals surface area contributed by atoms with E-state index in [0.29, 0.717) is 6.54 Å². The number of hydrogen-bond donors (Lipinski definition) is 1. The first-order chi connectivity index (χ1) is 16.0. The van der Waals surface area contributed by atoms with Gasteiger partial charge in [0.15, 0.2) is 0 Å². The van der Waals surface area contributed by atoms with Crippen molar-refractivity contribution in [2.24, 2.45) is 7.05 Å². The van der Waals surface area contributed by atoms with Crippen molar-refractivity contribution < 1.29 is 9.53 Å². The van der Waals surface area contributed by atoms with E-state index in [-0.39, 0.29) is 11.8 Å². The molecule has 0 radical (unpaired) electrons. The van der Waals surface area contributed by atoms with Gasteiger partial charge in [-0.25, -0.2) is 9.97 Å². The molecule has 33 heavy (non-hydrogen) atoms. The quantitative estimate of drug-likeness (QED) is 0.647. The van der Waals surface area contributed by atoms with Crippen molar-refractivity contribution in [3.8, 4) is 5.75 Å². The number of rotatable bonds is 5. The number of ether oxygens (including phenoxy) is 1. The van der Waals surface area contributed by atoms with Crippen LogP contribution in [0.1, 0.15) is 41.9 Å². The molecule has 2 aliphatic rings. The molecule has 1 saturated heterocycles. The van der Waals surface area contributed by atoms with Crippen molar-refractivity contribution >= 4 is 22.6 Å². The third-order valence-electron chi connectivity index (χ3n) is 7.07. The summed E-state index contributed by atoms with van der Waals surface area (Å²) in [7, 11) is 5.72. The first-order valence-corrected chi connectivity index (χ1v) is 11.6. The molecule has 0 spiro atoms. The van der Waals surface area contributed by atoms with Gasteiger partial charge in [-0.1, -0.05) is 0 Å². The summed E-state index contributed by atoms with van der Waals surface area (Å²) in [6.45, 7) is 5.77. The highest BCUT2D eigenvalue weighted by atomic mass is 16.5. The zero-order chi connectivity index (χ0) is 23.1. The Morgan fingerprint density at radius 1 is 1.27 bits per heavy atom. The standard InChI is InChI=1S/C25H32N6O2/c1-16(32)31-10-7-17(14-31)24-27-22-15-30(9-8-21(22)25(26-2)28-24)13-18-12-29(3)23-11-19(33-4)5-6-20(18)23/h5-6,11-12,17H,7-10,13-15H2,1-4H3,(H,26,27,28)/t17-/m0/s1. The van der Waals surface area contributed by atoms with Gasteiger partial charge in [0.25, 0.3) is 0 Å². The fourth-order valence-corrected chi connectivity index (χ4v) is 5.23. The van der Waals surface area contributed by atoms with Gasteiger partial charge in [0.2, 0.25) is 5.91 Å². The number of nitrogens with zero attached hydrogens (tertiary/aromatic N) is 5. The van der Waals surface area contributed by atoms with E-state index in [0.717, 1.165) is 62.1 Å². The molecule has 1 N–H and O–H groups in total. The first kappa shape index (κ1) is 21.7. The number of likely N-dealkylation sites (tertiary alicyclic amines) is 1. The number of anilines is 1. The van der Waals surface area contributed by atoms with Gasteiger partial charge >= 0.3 is 0 Å². The fraction of sp³-hybridized carbons (Fsp3) is 0.480. The van der Waals surface area contributed by atoms with E-state index in [1.54, 1.807) is 14.0 Å². The number of nitrogens with one attached hydrogen (secondary N) is 1. The lowest BCUT2D eigenvalue weighted by atomic mass is 10.0. The van der Waals surface area contributed by atoms with E-state index < -0.39 is 0 Å². The molecule has 1 atom stereocenters. The van der Waals surface area contributed by atoms with E-state index in [4.69, 9.17) is 14.7 Å². The molecule has 1 fully saturated rings. The molecule has 1 aromatic carbocycles. The van der Waals surface area contributed by atoms with Gasteiger partial charge in [-0.15, -0.1) is 0 Å². The average Bonchev–Trinajstić information content (AvgIpc) is 3.43. The lowest BCUT2D eigenvalue weighted by Crippen LogP contribution is -2.32. The minimum absolute atomic E-state index is 0.128. The second-order valence-electron chi connectivity index (χ2n) is 9.17. The highest BCUT2D eigenvalue weighted by molar-refractivity contribution is 5.85. The van der Waals surface area contributed by atoms with Crippen LogP contribution in [-0.4, -0.2) is 64.0 Å². The summed E-state index contributed by atoms with van der Waals surface area (Å²) in [6, 6.07) is 6.28. The molecule has 2 aliphatic heterocycles. The van der Waals surface area contributed by atoms with Crippen molar-refractivity contribution in [3.63, 3.8) is 0 Å². The minimum Gasteiger partial charge on any atom is -0.497 e. The van der Waals surface area contributed by atoms with Gasteiger partial charge in [0.05, 0.1) is 18.3 Å². The third kappa shape index (κ3) is 4.04. The molecule has 8 heteroatoms. The highest BCUT2D eigenvalue weighted by Crippen LogP contribution is 2.31. The van der Waals surface area contributed by atoms with E-state index >= 15 is 0 Å². The number of fused-ring (bicyclic) bond motifs is 2. The van der Waals surface area contributed by atoms with Gasteiger partial charge < -0.3 is 19.5 Å². The van der Waals surface area contributed by atoms with Crippen LogP contribution in [0.15, 0.2) is 24.4 Å². The number of aromatic nitrogens is 3. The molecule has 0 unspecified atom stereocenters. The van der Waals surface area contributed by atoms with Crippen LogP contribution in [0.3, 0.4) is 0 Å². The van der Waals surface area contributed by atoms with Crippen LogP contribution in [0.5, 0.6) is 5.75 Å². The third-order valence-corrected chi connectivity index (χ3v) is 7.07. The predicted molar refractivity (Wildman–Crippen MR) is 128 cm³/mol. The van der Waals surface area contributed by atoms with Crippen molar-refractivity contribution in [2.75, 3.05) is 39.1 Å². The highest BCUT2D eigenvalue weighted by Gasteiger charge is 2.30. The second-order valence-corrected chi connectivity index (χ2v) is 9.17. The summed E-state index contributed by atoms with van der Waals surface area (Å²) < 4.78 is 7.58. The molecule has 3 aromatic rings. The summed E-state index contributed by atoms with van der Waals surface area (Å²) >= 11 is 0. The molecule has 5 rings (SSSR count). The van der Waals surface area contributed by atoms with Gasteiger partial charge in [0, 0.05) is 82.9 Å². The van der Waals surface area contributed by atoms with Crippen molar-refractivity contribution in [1.29, 1.82) is 0 Å². The molecule has 8 nitrogen and oxygen atoms in total. The summed E-state index contributed by atoms with van der Waals surface area (Å²) in [5.41, 5.74) is 4.83. The Morgan fingerprint density at radius 2 is 2.12 bits per heavy atom. The number of amides is 1. The van der Waals surface area contributed by atoms with E-state index in [2.05, 4.69) is 40.2 Å². The molecule has 1 amide bonds. The Morgan fingerprint density at radius 3 is 2.85 bits per heavy atom. The summed E-state index contributed by atoms with van der Waals surface area (Å²) in [5, 5.41) is 4.55. The number of methoxy groups -OCH3 is 1. The van der Waals surface area contributed by atoms with Gasteiger partial charge in [-0.3, -0.25) is 9.69 Å². The number of benzene rings is 1. The lowest BCUT2D eigenvalue weighted by molar-refractivity contribution is -0.127. The maximum Gasteiger partial charge on any atom is 0.219 e. The van der Waals surface area contributed by atoms with Crippen LogP contribution in [-0.2, 0) is 31.4 Å². The zero-order valence-corrected chi connectivity index (χ0v) is 19.9. The van der Waals surface area contributed by atoms with Crippen LogP contribution < -0.4 is 10.1 Å². The Labute approximate surface area is 194 Å².